The molecule has 0 aliphatic rings. The number of methoxy groups -OCH3 is 1. The number of hydrogen-bond donors (Lipinski definition) is 1. The number of para-hydroxylation sites is 1. The number of anilines is 1. The number of thioether (sulfide) groups is 1. The van der Waals surface area contributed by atoms with Crippen LogP contribution >= 0.6 is 11.8 Å². The van der Waals surface area contributed by atoms with Crippen molar-refractivity contribution in [2.75, 3.05) is 18.2 Å². The molecule has 0 aliphatic carbocycles. The van der Waals surface area contributed by atoms with E-state index in [1.165, 1.54) is 30.0 Å². The molecule has 0 saturated carbocycles. The van der Waals surface area contributed by atoms with Gasteiger partial charge in [-0.1, -0.05) is 42.0 Å². The van der Waals surface area contributed by atoms with Gasteiger partial charge in [0.1, 0.15) is 0 Å². The predicted molar refractivity (Wildman–Crippen MR) is 93.8 cm³/mol. The molecule has 4 nitrogen and oxygen atoms in total. The van der Waals surface area contributed by atoms with E-state index in [1.54, 1.807) is 24.3 Å². The first-order chi connectivity index (χ1) is 11.1. The Kier molecular flexibility index (Phi) is 6.23. The number of hydrogen-bond acceptors (Lipinski definition) is 4. The SMILES string of the molecule is COC(=O)c1ccccc1NC(=O)CSCc1ccc(C)cc1. The second-order valence-electron chi connectivity index (χ2n) is 5.06. The van der Waals surface area contributed by atoms with Crippen molar-refractivity contribution < 1.29 is 14.3 Å². The van der Waals surface area contributed by atoms with E-state index in [0.717, 1.165) is 5.75 Å². The number of amides is 1. The molecular formula is C18H19NO3S. The van der Waals surface area contributed by atoms with Crippen LogP contribution in [0.3, 0.4) is 0 Å². The number of ether oxygens (including phenoxy) is 1. The van der Waals surface area contributed by atoms with Gasteiger partial charge in [0.15, 0.2) is 0 Å². The molecule has 120 valence electrons. The van der Waals surface area contributed by atoms with Crippen LogP contribution in [-0.2, 0) is 15.3 Å². The van der Waals surface area contributed by atoms with E-state index >= 15 is 0 Å². The number of aryl methyl sites for hydroxylation is 1. The Morgan fingerprint density at radius 1 is 1.09 bits per heavy atom. The zero-order chi connectivity index (χ0) is 16.7. The van der Waals surface area contributed by atoms with Crippen LogP contribution in [0.25, 0.3) is 0 Å². The Hall–Kier alpha value is -2.27. The minimum absolute atomic E-state index is 0.140. The van der Waals surface area contributed by atoms with E-state index in [0.29, 0.717) is 17.0 Å². The van der Waals surface area contributed by atoms with Crippen molar-refractivity contribution in [2.24, 2.45) is 0 Å². The monoisotopic (exact) mass is 329 g/mol. The lowest BCUT2D eigenvalue weighted by Gasteiger charge is -2.09. The molecule has 0 heterocycles. The summed E-state index contributed by atoms with van der Waals surface area (Å²) in [5.74, 6) is 0.488. The molecule has 0 aliphatic heterocycles. The molecular weight excluding hydrogens is 310 g/mol. The summed E-state index contributed by atoms with van der Waals surface area (Å²) in [6.07, 6.45) is 0. The fraction of sp³-hybridized carbons (Fsp3) is 0.222. The summed E-state index contributed by atoms with van der Waals surface area (Å²) < 4.78 is 4.71. The van der Waals surface area contributed by atoms with Crippen LogP contribution in [0.5, 0.6) is 0 Å². The molecule has 0 atom stereocenters. The van der Waals surface area contributed by atoms with Crippen molar-refractivity contribution in [3.8, 4) is 0 Å². The largest absolute Gasteiger partial charge is 0.465 e. The van der Waals surface area contributed by atoms with Crippen LogP contribution in [0.4, 0.5) is 5.69 Å². The molecule has 0 radical (unpaired) electrons. The molecule has 0 fully saturated rings. The highest BCUT2D eigenvalue weighted by Crippen LogP contribution is 2.17. The van der Waals surface area contributed by atoms with Gasteiger partial charge in [-0.2, -0.15) is 0 Å². The third kappa shape index (κ3) is 5.14. The highest BCUT2D eigenvalue weighted by Gasteiger charge is 2.13. The summed E-state index contributed by atoms with van der Waals surface area (Å²) in [4.78, 5) is 23.7. The van der Waals surface area contributed by atoms with Gasteiger partial charge in [0.25, 0.3) is 0 Å². The third-order valence-corrected chi connectivity index (χ3v) is 4.23. The molecule has 2 rings (SSSR count). The van der Waals surface area contributed by atoms with Gasteiger partial charge >= 0.3 is 5.97 Å². The quantitative estimate of drug-likeness (QED) is 0.822. The maximum absolute atomic E-state index is 12.0. The van der Waals surface area contributed by atoms with Crippen LogP contribution in [-0.4, -0.2) is 24.7 Å². The Balaban J connectivity index is 1.88. The number of benzene rings is 2. The van der Waals surface area contributed by atoms with Crippen molar-refractivity contribution in [1.82, 2.24) is 0 Å². The summed E-state index contributed by atoms with van der Waals surface area (Å²) in [6.45, 7) is 2.04. The van der Waals surface area contributed by atoms with Crippen LogP contribution < -0.4 is 5.32 Å². The van der Waals surface area contributed by atoms with Crippen molar-refractivity contribution in [1.29, 1.82) is 0 Å². The highest BCUT2D eigenvalue weighted by molar-refractivity contribution is 7.99. The average molecular weight is 329 g/mol. The zero-order valence-corrected chi connectivity index (χ0v) is 14.0. The lowest BCUT2D eigenvalue weighted by atomic mass is 10.2. The summed E-state index contributed by atoms with van der Waals surface area (Å²) in [6, 6.07) is 15.1. The molecule has 23 heavy (non-hydrogen) atoms. The van der Waals surface area contributed by atoms with Gasteiger partial charge in [0.2, 0.25) is 5.91 Å². The molecule has 0 saturated heterocycles. The smallest absolute Gasteiger partial charge is 0.339 e. The van der Waals surface area contributed by atoms with E-state index < -0.39 is 5.97 Å². The van der Waals surface area contributed by atoms with Gasteiger partial charge in [-0.3, -0.25) is 4.79 Å². The summed E-state index contributed by atoms with van der Waals surface area (Å²) in [5, 5.41) is 2.76. The second-order valence-corrected chi connectivity index (χ2v) is 6.05. The average Bonchev–Trinajstić information content (AvgIpc) is 2.56. The lowest BCUT2D eigenvalue weighted by molar-refractivity contribution is -0.113. The fourth-order valence-corrected chi connectivity index (χ4v) is 2.80. The first-order valence-electron chi connectivity index (χ1n) is 7.20. The number of nitrogens with one attached hydrogen (secondary N) is 1. The van der Waals surface area contributed by atoms with Gasteiger partial charge in [-0.15, -0.1) is 11.8 Å². The molecule has 2 aromatic rings. The van der Waals surface area contributed by atoms with Gasteiger partial charge in [0.05, 0.1) is 24.1 Å². The molecule has 2 aromatic carbocycles. The molecule has 0 spiro atoms. The molecule has 0 unspecified atom stereocenters. The minimum Gasteiger partial charge on any atom is -0.465 e. The van der Waals surface area contributed by atoms with Crippen molar-refractivity contribution in [3.05, 3.63) is 65.2 Å². The maximum atomic E-state index is 12.0. The summed E-state index contributed by atoms with van der Waals surface area (Å²) >= 11 is 1.53. The topological polar surface area (TPSA) is 55.4 Å². The van der Waals surface area contributed by atoms with Gasteiger partial charge in [-0.05, 0) is 24.6 Å². The van der Waals surface area contributed by atoms with Gasteiger partial charge < -0.3 is 10.1 Å². The number of rotatable bonds is 6. The van der Waals surface area contributed by atoms with Gasteiger partial charge in [0, 0.05) is 5.75 Å². The number of carbonyl (C=O) groups excluding carboxylic acids is 2. The summed E-state index contributed by atoms with van der Waals surface area (Å²) in [5.41, 5.74) is 3.23. The third-order valence-electron chi connectivity index (χ3n) is 3.23. The van der Waals surface area contributed by atoms with E-state index in [2.05, 4.69) is 29.6 Å². The normalized spacial score (nSPS) is 10.2. The van der Waals surface area contributed by atoms with E-state index in [4.69, 9.17) is 4.74 Å². The molecule has 0 bridgehead atoms. The lowest BCUT2D eigenvalue weighted by Crippen LogP contribution is -2.17. The predicted octanol–water partition coefficient (Wildman–Crippen LogP) is 3.65. The number of esters is 1. The zero-order valence-electron chi connectivity index (χ0n) is 13.2. The standard InChI is InChI=1S/C18H19NO3S/c1-13-7-9-14(10-8-13)11-23-12-17(20)19-16-6-4-3-5-15(16)18(21)22-2/h3-10H,11-12H2,1-2H3,(H,19,20). The fourth-order valence-electron chi connectivity index (χ4n) is 2.01. The van der Waals surface area contributed by atoms with Gasteiger partial charge in [-0.25, -0.2) is 4.79 Å². The van der Waals surface area contributed by atoms with Crippen LogP contribution in [0.1, 0.15) is 21.5 Å². The molecule has 0 aromatic heterocycles. The van der Waals surface area contributed by atoms with E-state index in [-0.39, 0.29) is 5.91 Å². The van der Waals surface area contributed by atoms with Crippen molar-refractivity contribution in [3.63, 3.8) is 0 Å². The first kappa shape index (κ1) is 17.1. The van der Waals surface area contributed by atoms with E-state index in [1.807, 2.05) is 6.92 Å². The van der Waals surface area contributed by atoms with Crippen LogP contribution in [0, 0.1) is 6.92 Å². The second kappa shape index (κ2) is 8.39. The number of carbonyl (C=O) groups is 2. The Morgan fingerprint density at radius 2 is 1.78 bits per heavy atom. The Bertz CT molecular complexity index is 683. The molecule has 5 heteroatoms. The Labute approximate surface area is 140 Å². The highest BCUT2D eigenvalue weighted by atomic mass is 32.2. The van der Waals surface area contributed by atoms with E-state index in [9.17, 15) is 9.59 Å². The first-order valence-corrected chi connectivity index (χ1v) is 8.36. The summed E-state index contributed by atoms with van der Waals surface area (Å²) in [7, 11) is 1.32. The van der Waals surface area contributed by atoms with Crippen molar-refractivity contribution in [2.45, 2.75) is 12.7 Å². The maximum Gasteiger partial charge on any atom is 0.339 e. The van der Waals surface area contributed by atoms with Crippen LogP contribution in [0.2, 0.25) is 0 Å². The minimum atomic E-state index is -0.465. The molecule has 1 N–H and O–H groups in total. The van der Waals surface area contributed by atoms with Crippen molar-refractivity contribution >= 4 is 29.3 Å². The van der Waals surface area contributed by atoms with Crippen LogP contribution in [0.15, 0.2) is 48.5 Å². The Morgan fingerprint density at radius 3 is 2.48 bits per heavy atom. The molecule has 1 amide bonds.